The molecule has 2 heterocycles. The van der Waals surface area contributed by atoms with Crippen LogP contribution in [-0.2, 0) is 6.42 Å². The zero-order valence-corrected chi connectivity index (χ0v) is 20.7. The Balaban J connectivity index is 1.63. The van der Waals surface area contributed by atoms with E-state index in [1.807, 2.05) is 54.6 Å². The molecule has 0 bridgehead atoms. The first kappa shape index (κ1) is 23.6. The Morgan fingerprint density at radius 1 is 1.00 bits per heavy atom. The van der Waals surface area contributed by atoms with Crippen molar-refractivity contribution in [2.24, 2.45) is 21.8 Å². The predicted molar refractivity (Wildman–Crippen MR) is 147 cm³/mol. The number of nitrogens with zero attached hydrogens (tertiary/aromatic N) is 3. The molecule has 5 aromatic rings. The standard InChI is InChI=1S/C26H23N7OS2/c27-24(31-28)22-15-35-26(30-22)33-25(34)21(13-16-9-11-20(36-29)12-10-16)23(32-33)19-8-4-7-18(14-19)17-5-2-1-3-6-17/h1-12,14-15,32H,13,28-29H2,(H2,27,31). The lowest BCUT2D eigenvalue weighted by atomic mass is 9.98. The van der Waals surface area contributed by atoms with Crippen LogP contribution >= 0.6 is 23.3 Å². The van der Waals surface area contributed by atoms with Gasteiger partial charge in [0.15, 0.2) is 5.84 Å². The second kappa shape index (κ2) is 10.2. The van der Waals surface area contributed by atoms with Gasteiger partial charge in [-0.3, -0.25) is 15.0 Å². The first-order chi connectivity index (χ1) is 17.6. The molecule has 2 aromatic heterocycles. The number of aromatic amines is 1. The molecule has 0 fully saturated rings. The van der Waals surface area contributed by atoms with Gasteiger partial charge in [0, 0.05) is 27.8 Å². The van der Waals surface area contributed by atoms with E-state index in [0.29, 0.717) is 22.8 Å². The average molecular weight is 514 g/mol. The van der Waals surface area contributed by atoms with Crippen LogP contribution in [0.25, 0.3) is 27.5 Å². The van der Waals surface area contributed by atoms with Crippen molar-refractivity contribution < 1.29 is 0 Å². The van der Waals surface area contributed by atoms with Gasteiger partial charge in [-0.05, 0) is 46.8 Å². The minimum Gasteiger partial charge on any atom is -0.380 e. The molecule has 0 aliphatic carbocycles. The second-order valence-corrected chi connectivity index (χ2v) is 9.56. The van der Waals surface area contributed by atoms with Crippen LogP contribution in [0.5, 0.6) is 0 Å². The van der Waals surface area contributed by atoms with Crippen LogP contribution in [0.4, 0.5) is 0 Å². The normalized spacial score (nSPS) is 11.6. The van der Waals surface area contributed by atoms with Crippen molar-refractivity contribution in [3.05, 3.63) is 111 Å². The molecule has 0 amide bonds. The topological polar surface area (TPSA) is 141 Å². The number of nitrogens with two attached hydrogens (primary N) is 3. The second-order valence-electron chi connectivity index (χ2n) is 8.02. The zero-order chi connectivity index (χ0) is 25.1. The van der Waals surface area contributed by atoms with Crippen molar-refractivity contribution in [2.45, 2.75) is 11.3 Å². The average Bonchev–Trinajstić information content (AvgIpc) is 3.54. The van der Waals surface area contributed by atoms with Crippen molar-refractivity contribution in [1.29, 1.82) is 0 Å². The van der Waals surface area contributed by atoms with Crippen molar-refractivity contribution >= 4 is 29.1 Å². The van der Waals surface area contributed by atoms with Crippen LogP contribution in [0.2, 0.25) is 0 Å². The van der Waals surface area contributed by atoms with Crippen LogP contribution in [0.3, 0.4) is 0 Å². The fourth-order valence-corrected chi connectivity index (χ4v) is 5.00. The van der Waals surface area contributed by atoms with E-state index in [1.165, 1.54) is 28.0 Å². The monoisotopic (exact) mass is 513 g/mol. The number of H-pyrrole nitrogens is 1. The van der Waals surface area contributed by atoms with Gasteiger partial charge < -0.3 is 11.6 Å². The molecule has 0 spiro atoms. The van der Waals surface area contributed by atoms with Crippen molar-refractivity contribution in [3.63, 3.8) is 0 Å². The molecule has 0 unspecified atom stereocenters. The Labute approximate surface area is 215 Å². The number of aromatic nitrogens is 3. The van der Waals surface area contributed by atoms with Gasteiger partial charge >= 0.3 is 0 Å². The summed E-state index contributed by atoms with van der Waals surface area (Å²) in [5.41, 5.74) is 11.5. The van der Waals surface area contributed by atoms with Crippen molar-refractivity contribution in [2.75, 3.05) is 0 Å². The molecule has 0 aliphatic rings. The number of benzene rings is 3. The van der Waals surface area contributed by atoms with Gasteiger partial charge in [-0.15, -0.1) is 11.3 Å². The number of hydrogen-bond donors (Lipinski definition) is 4. The maximum Gasteiger partial charge on any atom is 0.277 e. The predicted octanol–water partition coefficient (Wildman–Crippen LogP) is 4.09. The van der Waals surface area contributed by atoms with Crippen LogP contribution in [-0.4, -0.2) is 20.6 Å². The Kier molecular flexibility index (Phi) is 6.72. The SMILES string of the molecule is NN=C(N)c1csc(-n2[nH]c(-c3cccc(-c4ccccc4)c3)c(Cc3ccc(SN)cc3)c2=O)n1. The van der Waals surface area contributed by atoms with E-state index in [2.05, 4.69) is 39.4 Å². The summed E-state index contributed by atoms with van der Waals surface area (Å²) >= 11 is 2.46. The highest BCUT2D eigenvalue weighted by molar-refractivity contribution is 7.97. The molecule has 7 N–H and O–H groups in total. The molecule has 10 heteroatoms. The fraction of sp³-hybridized carbons (Fsp3) is 0.0385. The lowest BCUT2D eigenvalue weighted by Gasteiger charge is -2.07. The molecule has 0 aliphatic heterocycles. The summed E-state index contributed by atoms with van der Waals surface area (Å²) < 4.78 is 1.45. The van der Waals surface area contributed by atoms with Crippen LogP contribution in [0.15, 0.2) is 99.0 Å². The van der Waals surface area contributed by atoms with Gasteiger partial charge in [-0.25, -0.2) is 4.98 Å². The number of amidine groups is 1. The Hall–Kier alpha value is -4.12. The molecule has 0 atom stereocenters. The van der Waals surface area contributed by atoms with E-state index in [-0.39, 0.29) is 11.4 Å². The number of hydrazone groups is 1. The van der Waals surface area contributed by atoms with Crippen LogP contribution < -0.4 is 22.3 Å². The summed E-state index contributed by atoms with van der Waals surface area (Å²) in [6.45, 7) is 0. The summed E-state index contributed by atoms with van der Waals surface area (Å²) in [6, 6.07) is 26.1. The summed E-state index contributed by atoms with van der Waals surface area (Å²) in [5.74, 6) is 5.40. The van der Waals surface area contributed by atoms with Crippen LogP contribution in [0, 0.1) is 0 Å². The fourth-order valence-electron chi connectivity index (χ4n) is 3.94. The first-order valence-electron chi connectivity index (χ1n) is 11.0. The van der Waals surface area contributed by atoms with E-state index in [0.717, 1.165) is 32.8 Å². The number of nitrogens with one attached hydrogen (secondary N) is 1. The molecular weight excluding hydrogens is 490 g/mol. The smallest absolute Gasteiger partial charge is 0.277 e. The lowest BCUT2D eigenvalue weighted by molar-refractivity contribution is 0.839. The third kappa shape index (κ3) is 4.69. The molecule has 5 rings (SSSR count). The maximum absolute atomic E-state index is 13.7. The Morgan fingerprint density at radius 2 is 1.72 bits per heavy atom. The molecule has 36 heavy (non-hydrogen) atoms. The van der Waals surface area contributed by atoms with E-state index in [4.69, 9.17) is 16.7 Å². The third-order valence-corrected chi connectivity index (χ3v) is 7.14. The quantitative estimate of drug-likeness (QED) is 0.0849. The van der Waals surface area contributed by atoms with Gasteiger partial charge in [0.25, 0.3) is 5.56 Å². The van der Waals surface area contributed by atoms with Gasteiger partial charge in [0.2, 0.25) is 5.13 Å². The van der Waals surface area contributed by atoms with E-state index >= 15 is 0 Å². The highest BCUT2D eigenvalue weighted by atomic mass is 32.2. The minimum absolute atomic E-state index is 0.103. The Bertz CT molecular complexity index is 1580. The third-order valence-electron chi connectivity index (χ3n) is 5.77. The lowest BCUT2D eigenvalue weighted by Crippen LogP contribution is -2.19. The Morgan fingerprint density at radius 3 is 2.44 bits per heavy atom. The van der Waals surface area contributed by atoms with Crippen LogP contribution in [0.1, 0.15) is 16.8 Å². The molecule has 0 saturated heterocycles. The molecule has 180 valence electrons. The van der Waals surface area contributed by atoms with Gasteiger partial charge in [-0.2, -0.15) is 9.78 Å². The zero-order valence-electron chi connectivity index (χ0n) is 19.1. The summed E-state index contributed by atoms with van der Waals surface area (Å²) in [4.78, 5) is 19.1. The van der Waals surface area contributed by atoms with E-state index in [9.17, 15) is 4.79 Å². The molecule has 0 saturated carbocycles. The van der Waals surface area contributed by atoms with E-state index in [1.54, 1.807) is 5.38 Å². The number of hydrogen-bond acceptors (Lipinski definition) is 7. The summed E-state index contributed by atoms with van der Waals surface area (Å²) in [5, 5.41) is 14.6. The van der Waals surface area contributed by atoms with Crippen molar-refractivity contribution in [1.82, 2.24) is 14.8 Å². The largest absolute Gasteiger partial charge is 0.380 e. The minimum atomic E-state index is -0.184. The van der Waals surface area contributed by atoms with Crippen molar-refractivity contribution in [3.8, 4) is 27.5 Å². The molecule has 8 nitrogen and oxygen atoms in total. The highest BCUT2D eigenvalue weighted by Gasteiger charge is 2.20. The van der Waals surface area contributed by atoms with E-state index < -0.39 is 0 Å². The molecule has 3 aromatic carbocycles. The molecule has 0 radical (unpaired) electrons. The number of thiazole rings is 1. The van der Waals surface area contributed by atoms with Gasteiger partial charge in [0.05, 0.1) is 5.69 Å². The first-order valence-corrected chi connectivity index (χ1v) is 12.8. The highest BCUT2D eigenvalue weighted by Crippen LogP contribution is 2.28. The number of rotatable bonds is 7. The summed E-state index contributed by atoms with van der Waals surface area (Å²) in [7, 11) is 0. The molecular formula is C26H23N7OS2. The van der Waals surface area contributed by atoms with Gasteiger partial charge in [0.1, 0.15) is 5.69 Å². The maximum atomic E-state index is 13.7. The summed E-state index contributed by atoms with van der Waals surface area (Å²) in [6.07, 6.45) is 0.438. The van der Waals surface area contributed by atoms with Gasteiger partial charge in [-0.1, -0.05) is 60.7 Å².